The first-order valence-corrected chi connectivity index (χ1v) is 8.98. The molecule has 0 unspecified atom stereocenters. The van der Waals surface area contributed by atoms with Gasteiger partial charge in [-0.2, -0.15) is 0 Å². The van der Waals surface area contributed by atoms with Crippen LogP contribution in [0.2, 0.25) is 0 Å². The van der Waals surface area contributed by atoms with E-state index in [9.17, 15) is 14.7 Å². The molecule has 1 aliphatic rings. The number of H-pyrrole nitrogens is 1. The van der Waals surface area contributed by atoms with Crippen molar-refractivity contribution in [3.8, 4) is 5.75 Å². The Labute approximate surface area is 151 Å². The number of phenols is 1. The lowest BCUT2D eigenvalue weighted by Crippen LogP contribution is -2.56. The summed E-state index contributed by atoms with van der Waals surface area (Å²) in [7, 11) is 0. The van der Waals surface area contributed by atoms with Gasteiger partial charge in [0, 0.05) is 23.5 Å². The molecule has 1 atom stereocenters. The molecule has 7 heteroatoms. The van der Waals surface area contributed by atoms with Gasteiger partial charge in [-0.3, -0.25) is 4.79 Å². The Morgan fingerprint density at radius 3 is 2.81 bits per heavy atom. The second kappa shape index (κ2) is 7.37. The van der Waals surface area contributed by atoms with Crippen LogP contribution in [0, 0.1) is 0 Å². The monoisotopic (exact) mass is 359 g/mol. The van der Waals surface area contributed by atoms with Crippen LogP contribution in [-0.2, 0) is 20.7 Å². The number of aromatic amines is 1. The lowest BCUT2D eigenvalue weighted by Gasteiger charge is -2.26. The summed E-state index contributed by atoms with van der Waals surface area (Å²) in [6, 6.07) is 4.15. The Balaban J connectivity index is 1.82. The molecular formula is C19H25N3O4. The molecule has 0 bridgehead atoms. The molecule has 140 valence electrons. The fraction of sp³-hybridized carbons (Fsp3) is 0.474. The number of fused-ring (bicyclic) bond motifs is 1. The molecule has 3 rings (SSSR count). The van der Waals surface area contributed by atoms with Crippen molar-refractivity contribution >= 4 is 22.8 Å². The van der Waals surface area contributed by atoms with Crippen molar-refractivity contribution in [2.45, 2.75) is 50.6 Å². The highest BCUT2D eigenvalue weighted by Gasteiger charge is 2.39. The van der Waals surface area contributed by atoms with Gasteiger partial charge in [0.1, 0.15) is 11.8 Å². The molecule has 5 N–H and O–H groups in total. The van der Waals surface area contributed by atoms with Crippen LogP contribution in [0.4, 0.5) is 0 Å². The van der Waals surface area contributed by atoms with Gasteiger partial charge >= 0.3 is 5.97 Å². The summed E-state index contributed by atoms with van der Waals surface area (Å²) in [6.07, 6.45) is 5.09. The van der Waals surface area contributed by atoms with E-state index < -0.39 is 17.6 Å². The first-order valence-electron chi connectivity index (χ1n) is 8.98. The maximum absolute atomic E-state index is 12.6. The molecule has 1 heterocycles. The number of hydrogen-bond acceptors (Lipinski definition) is 5. The number of aromatic nitrogens is 1. The number of rotatable bonds is 6. The largest absolute Gasteiger partial charge is 0.508 e. The number of amides is 1. The summed E-state index contributed by atoms with van der Waals surface area (Å²) >= 11 is 0. The van der Waals surface area contributed by atoms with Gasteiger partial charge in [0.25, 0.3) is 0 Å². The molecule has 1 aromatic heterocycles. The number of phenolic OH excluding ortho intramolecular Hbond substituents is 1. The predicted molar refractivity (Wildman–Crippen MR) is 97.6 cm³/mol. The number of aromatic hydroxyl groups is 1. The molecule has 0 radical (unpaired) electrons. The smallest absolute Gasteiger partial charge is 0.328 e. The summed E-state index contributed by atoms with van der Waals surface area (Å²) in [4.78, 5) is 28.1. The van der Waals surface area contributed by atoms with Gasteiger partial charge < -0.3 is 25.9 Å². The number of carbonyl (C=O) groups excluding carboxylic acids is 2. The van der Waals surface area contributed by atoms with Crippen LogP contribution >= 0.6 is 0 Å². The van der Waals surface area contributed by atoms with Crippen molar-refractivity contribution in [2.75, 3.05) is 6.61 Å². The van der Waals surface area contributed by atoms with Gasteiger partial charge in [0.15, 0.2) is 0 Å². The number of nitrogens with two attached hydrogens (primary N) is 1. The third kappa shape index (κ3) is 3.67. The molecule has 2 aromatic rings. The second-order valence-corrected chi connectivity index (χ2v) is 6.89. The summed E-state index contributed by atoms with van der Waals surface area (Å²) in [6.45, 7) is 1.95. The number of benzene rings is 1. The second-order valence-electron chi connectivity index (χ2n) is 6.89. The zero-order valence-corrected chi connectivity index (χ0v) is 14.9. The van der Waals surface area contributed by atoms with E-state index in [0.717, 1.165) is 29.3 Å². The van der Waals surface area contributed by atoms with E-state index in [1.54, 1.807) is 31.3 Å². The van der Waals surface area contributed by atoms with Gasteiger partial charge in [-0.15, -0.1) is 0 Å². The fourth-order valence-corrected chi connectivity index (χ4v) is 3.53. The van der Waals surface area contributed by atoms with Crippen molar-refractivity contribution in [3.63, 3.8) is 0 Å². The maximum Gasteiger partial charge on any atom is 0.328 e. The minimum Gasteiger partial charge on any atom is -0.508 e. The highest BCUT2D eigenvalue weighted by Crippen LogP contribution is 2.28. The van der Waals surface area contributed by atoms with E-state index in [2.05, 4.69) is 10.3 Å². The molecule has 7 nitrogen and oxygen atoms in total. The molecule has 0 saturated heterocycles. The van der Waals surface area contributed by atoms with Crippen molar-refractivity contribution in [3.05, 3.63) is 30.0 Å². The van der Waals surface area contributed by atoms with Gasteiger partial charge in [-0.25, -0.2) is 4.79 Å². The molecule has 0 spiro atoms. The molecular weight excluding hydrogens is 334 g/mol. The number of nitrogens with one attached hydrogen (secondary N) is 2. The summed E-state index contributed by atoms with van der Waals surface area (Å²) in [5, 5.41) is 13.3. The number of carbonyl (C=O) groups is 2. The third-order valence-electron chi connectivity index (χ3n) is 5.00. The van der Waals surface area contributed by atoms with Crippen LogP contribution in [0.15, 0.2) is 24.4 Å². The summed E-state index contributed by atoms with van der Waals surface area (Å²) in [5.41, 5.74) is 6.95. The van der Waals surface area contributed by atoms with Crippen LogP contribution in [-0.4, -0.2) is 40.2 Å². The standard InChI is InChI=1S/C19H25N3O4/c1-2-26-17(24)16(22-18(25)19(20)7-3-4-8-19)9-12-11-21-15-6-5-13(23)10-14(12)15/h5-6,10-11,16,21,23H,2-4,7-9,20H2,1H3,(H,22,25)/t16-/m0/s1. The average Bonchev–Trinajstić information content (AvgIpc) is 3.22. The quantitative estimate of drug-likeness (QED) is 0.586. The predicted octanol–water partition coefficient (Wildman–Crippen LogP) is 1.74. The van der Waals surface area contributed by atoms with E-state index >= 15 is 0 Å². The Kier molecular flexibility index (Phi) is 5.18. The Morgan fingerprint density at radius 2 is 2.12 bits per heavy atom. The zero-order chi connectivity index (χ0) is 18.7. The number of hydrogen-bond donors (Lipinski definition) is 4. The van der Waals surface area contributed by atoms with Gasteiger partial charge in [0.2, 0.25) is 5.91 Å². The van der Waals surface area contributed by atoms with Crippen LogP contribution in [0.25, 0.3) is 10.9 Å². The molecule has 1 aliphatic carbocycles. The molecule has 1 aromatic carbocycles. The molecule has 1 amide bonds. The highest BCUT2D eigenvalue weighted by atomic mass is 16.5. The Morgan fingerprint density at radius 1 is 1.38 bits per heavy atom. The summed E-state index contributed by atoms with van der Waals surface area (Å²) in [5.74, 6) is -0.658. The van der Waals surface area contributed by atoms with E-state index in [-0.39, 0.29) is 24.7 Å². The first-order chi connectivity index (χ1) is 12.4. The Hall–Kier alpha value is -2.54. The van der Waals surface area contributed by atoms with Crippen LogP contribution in [0.5, 0.6) is 5.75 Å². The average molecular weight is 359 g/mol. The summed E-state index contributed by atoms with van der Waals surface area (Å²) < 4.78 is 5.13. The maximum atomic E-state index is 12.6. The lowest BCUT2D eigenvalue weighted by molar-refractivity contribution is -0.148. The van der Waals surface area contributed by atoms with Crippen molar-refractivity contribution in [2.24, 2.45) is 5.73 Å². The van der Waals surface area contributed by atoms with Crippen molar-refractivity contribution in [1.82, 2.24) is 10.3 Å². The molecule has 0 aliphatic heterocycles. The highest BCUT2D eigenvalue weighted by molar-refractivity contribution is 5.91. The minimum atomic E-state index is -0.913. The zero-order valence-electron chi connectivity index (χ0n) is 14.9. The van der Waals surface area contributed by atoms with Gasteiger partial charge in [0.05, 0.1) is 12.1 Å². The fourth-order valence-electron chi connectivity index (χ4n) is 3.53. The molecule has 1 fully saturated rings. The number of esters is 1. The third-order valence-corrected chi connectivity index (χ3v) is 5.00. The first kappa shape index (κ1) is 18.3. The number of ether oxygens (including phenoxy) is 1. The van der Waals surface area contributed by atoms with Gasteiger partial charge in [-0.1, -0.05) is 12.8 Å². The molecule has 26 heavy (non-hydrogen) atoms. The van der Waals surface area contributed by atoms with E-state index in [1.165, 1.54) is 0 Å². The van der Waals surface area contributed by atoms with E-state index in [4.69, 9.17) is 10.5 Å². The SMILES string of the molecule is CCOC(=O)[C@H](Cc1c[nH]c2ccc(O)cc12)NC(=O)C1(N)CCCC1. The Bertz CT molecular complexity index is 808. The normalized spacial score (nSPS) is 17.2. The van der Waals surface area contributed by atoms with Crippen LogP contribution < -0.4 is 11.1 Å². The van der Waals surface area contributed by atoms with Crippen molar-refractivity contribution in [1.29, 1.82) is 0 Å². The van der Waals surface area contributed by atoms with Crippen molar-refractivity contribution < 1.29 is 19.4 Å². The van der Waals surface area contributed by atoms with E-state index in [1.807, 2.05) is 0 Å². The lowest BCUT2D eigenvalue weighted by atomic mass is 9.96. The van der Waals surface area contributed by atoms with E-state index in [0.29, 0.717) is 12.8 Å². The van der Waals surface area contributed by atoms with Crippen LogP contribution in [0.3, 0.4) is 0 Å². The van der Waals surface area contributed by atoms with Crippen LogP contribution in [0.1, 0.15) is 38.2 Å². The topological polar surface area (TPSA) is 117 Å². The minimum absolute atomic E-state index is 0.141. The van der Waals surface area contributed by atoms with Gasteiger partial charge in [-0.05, 0) is 43.5 Å². The molecule has 1 saturated carbocycles.